The highest BCUT2D eigenvalue weighted by Gasteiger charge is 2.12. The van der Waals surface area contributed by atoms with Crippen molar-refractivity contribution in [3.63, 3.8) is 0 Å². The second kappa shape index (κ2) is 7.37. The maximum Gasteiger partial charge on any atom is 0.340 e. The van der Waals surface area contributed by atoms with E-state index in [0.29, 0.717) is 34.9 Å². The molecule has 27 heavy (non-hydrogen) atoms. The summed E-state index contributed by atoms with van der Waals surface area (Å²) in [7, 11) is 0. The lowest BCUT2D eigenvalue weighted by Gasteiger charge is -2.08. The van der Waals surface area contributed by atoms with E-state index in [1.54, 1.807) is 30.5 Å². The molecule has 0 aliphatic carbocycles. The summed E-state index contributed by atoms with van der Waals surface area (Å²) < 4.78 is 6.91. The Morgan fingerprint density at radius 1 is 1.00 bits per heavy atom. The SMILES string of the molecule is O=C(OCCCn1cnc2ccccc2c1=O)c1cccc2cccnc12. The number of aromatic nitrogens is 3. The number of pyridine rings is 1. The molecule has 2 aromatic carbocycles. The van der Waals surface area contributed by atoms with Crippen molar-refractivity contribution in [2.45, 2.75) is 13.0 Å². The van der Waals surface area contributed by atoms with E-state index in [0.717, 1.165) is 5.39 Å². The molecule has 4 rings (SSSR count). The van der Waals surface area contributed by atoms with Gasteiger partial charge in [-0.2, -0.15) is 0 Å². The first-order valence-electron chi connectivity index (χ1n) is 8.69. The highest BCUT2D eigenvalue weighted by Crippen LogP contribution is 2.16. The van der Waals surface area contributed by atoms with E-state index in [4.69, 9.17) is 4.74 Å². The average molecular weight is 359 g/mol. The zero-order valence-electron chi connectivity index (χ0n) is 14.5. The molecule has 134 valence electrons. The summed E-state index contributed by atoms with van der Waals surface area (Å²) in [5.41, 5.74) is 1.65. The monoisotopic (exact) mass is 359 g/mol. The van der Waals surface area contributed by atoms with E-state index in [2.05, 4.69) is 9.97 Å². The van der Waals surface area contributed by atoms with E-state index in [1.165, 1.54) is 10.9 Å². The van der Waals surface area contributed by atoms with Gasteiger partial charge < -0.3 is 4.74 Å². The molecule has 0 radical (unpaired) electrons. The lowest BCUT2D eigenvalue weighted by molar-refractivity contribution is 0.0498. The number of carbonyl (C=O) groups excluding carboxylic acids is 1. The molecule has 0 atom stereocenters. The summed E-state index contributed by atoms with van der Waals surface area (Å²) in [6.07, 6.45) is 3.70. The van der Waals surface area contributed by atoms with Crippen LogP contribution in [0.15, 0.2) is 71.9 Å². The quantitative estimate of drug-likeness (QED) is 0.404. The van der Waals surface area contributed by atoms with Crippen LogP contribution in [0.4, 0.5) is 0 Å². The van der Waals surface area contributed by atoms with E-state index in [1.807, 2.05) is 30.3 Å². The van der Waals surface area contributed by atoms with Crippen molar-refractivity contribution in [1.82, 2.24) is 14.5 Å². The van der Waals surface area contributed by atoms with Gasteiger partial charge >= 0.3 is 5.97 Å². The Morgan fingerprint density at radius 3 is 2.78 bits per heavy atom. The number of esters is 1. The Balaban J connectivity index is 1.41. The molecule has 0 fully saturated rings. The van der Waals surface area contributed by atoms with Crippen molar-refractivity contribution >= 4 is 27.8 Å². The van der Waals surface area contributed by atoms with Crippen molar-refractivity contribution in [3.8, 4) is 0 Å². The number of rotatable bonds is 5. The molecule has 0 aliphatic heterocycles. The van der Waals surface area contributed by atoms with Gasteiger partial charge in [-0.1, -0.05) is 30.3 Å². The maximum atomic E-state index is 12.4. The van der Waals surface area contributed by atoms with Gasteiger partial charge in [-0.05, 0) is 30.7 Å². The molecular weight excluding hydrogens is 342 g/mol. The van der Waals surface area contributed by atoms with Crippen LogP contribution in [0.1, 0.15) is 16.8 Å². The molecule has 6 heteroatoms. The molecule has 0 aliphatic rings. The van der Waals surface area contributed by atoms with Crippen LogP contribution in [0, 0.1) is 0 Å². The fraction of sp³-hybridized carbons (Fsp3) is 0.143. The van der Waals surface area contributed by atoms with Crippen molar-refractivity contribution < 1.29 is 9.53 Å². The summed E-state index contributed by atoms with van der Waals surface area (Å²) in [5, 5.41) is 1.47. The van der Waals surface area contributed by atoms with Crippen molar-refractivity contribution in [2.75, 3.05) is 6.61 Å². The lowest BCUT2D eigenvalue weighted by atomic mass is 10.1. The first-order valence-corrected chi connectivity index (χ1v) is 8.69. The maximum absolute atomic E-state index is 12.4. The topological polar surface area (TPSA) is 74.1 Å². The normalized spacial score (nSPS) is 11.0. The van der Waals surface area contributed by atoms with E-state index >= 15 is 0 Å². The summed E-state index contributed by atoms with van der Waals surface area (Å²) >= 11 is 0. The molecule has 0 spiro atoms. The number of nitrogens with zero attached hydrogens (tertiary/aromatic N) is 3. The number of hydrogen-bond donors (Lipinski definition) is 0. The van der Waals surface area contributed by atoms with Crippen molar-refractivity contribution in [3.05, 3.63) is 83.0 Å². The summed E-state index contributed by atoms with van der Waals surface area (Å²) in [6, 6.07) is 16.4. The third-order valence-electron chi connectivity index (χ3n) is 4.36. The zero-order valence-corrected chi connectivity index (χ0v) is 14.5. The molecule has 0 amide bonds. The molecule has 0 bridgehead atoms. The second-order valence-corrected chi connectivity index (χ2v) is 6.13. The fourth-order valence-electron chi connectivity index (χ4n) is 3.01. The summed E-state index contributed by atoms with van der Waals surface area (Å²) in [6.45, 7) is 0.638. The van der Waals surface area contributed by atoms with Crippen LogP contribution in [0.2, 0.25) is 0 Å². The largest absolute Gasteiger partial charge is 0.462 e. The van der Waals surface area contributed by atoms with Gasteiger partial charge in [0, 0.05) is 18.1 Å². The fourth-order valence-corrected chi connectivity index (χ4v) is 3.01. The van der Waals surface area contributed by atoms with Gasteiger partial charge in [-0.25, -0.2) is 9.78 Å². The smallest absolute Gasteiger partial charge is 0.340 e. The van der Waals surface area contributed by atoms with Crippen molar-refractivity contribution in [1.29, 1.82) is 0 Å². The zero-order chi connectivity index (χ0) is 18.6. The van der Waals surface area contributed by atoms with Crippen LogP contribution >= 0.6 is 0 Å². The van der Waals surface area contributed by atoms with Crippen LogP contribution in [0.5, 0.6) is 0 Å². The van der Waals surface area contributed by atoms with Gasteiger partial charge in [0.15, 0.2) is 0 Å². The first kappa shape index (κ1) is 16.9. The summed E-state index contributed by atoms with van der Waals surface area (Å²) in [4.78, 5) is 33.3. The molecule has 0 unspecified atom stereocenters. The van der Waals surface area contributed by atoms with Crippen LogP contribution in [-0.4, -0.2) is 27.1 Å². The number of carbonyl (C=O) groups is 1. The summed E-state index contributed by atoms with van der Waals surface area (Å²) in [5.74, 6) is -0.414. The highest BCUT2D eigenvalue weighted by atomic mass is 16.5. The average Bonchev–Trinajstić information content (AvgIpc) is 2.72. The second-order valence-electron chi connectivity index (χ2n) is 6.13. The number of hydrogen-bond acceptors (Lipinski definition) is 5. The number of para-hydroxylation sites is 2. The standard InChI is InChI=1S/C21H17N3O3/c25-20-16-8-1-2-10-18(16)23-14-24(20)12-5-13-27-21(26)17-9-3-6-15-7-4-11-22-19(15)17/h1-4,6-11,14H,5,12-13H2. The van der Waals surface area contributed by atoms with Gasteiger partial charge in [0.1, 0.15) is 0 Å². The molecule has 0 N–H and O–H groups in total. The number of benzene rings is 2. The molecule has 0 saturated heterocycles. The van der Waals surface area contributed by atoms with Crippen LogP contribution < -0.4 is 5.56 Å². The Labute approximate surface area is 155 Å². The minimum atomic E-state index is -0.414. The van der Waals surface area contributed by atoms with Gasteiger partial charge in [-0.15, -0.1) is 0 Å². The molecular formula is C21H17N3O3. The van der Waals surface area contributed by atoms with Gasteiger partial charge in [0.2, 0.25) is 0 Å². The Morgan fingerprint density at radius 2 is 1.85 bits per heavy atom. The number of aryl methyl sites for hydroxylation is 1. The molecule has 6 nitrogen and oxygen atoms in total. The Bertz CT molecular complexity index is 1180. The van der Waals surface area contributed by atoms with Gasteiger partial charge in [0.25, 0.3) is 5.56 Å². The van der Waals surface area contributed by atoms with E-state index < -0.39 is 5.97 Å². The first-order chi connectivity index (χ1) is 13.2. The highest BCUT2D eigenvalue weighted by molar-refractivity contribution is 6.02. The lowest BCUT2D eigenvalue weighted by Crippen LogP contribution is -2.21. The predicted octanol–water partition coefficient (Wildman–Crippen LogP) is 3.19. The Hall–Kier alpha value is -3.54. The molecule has 4 aromatic rings. The third kappa shape index (κ3) is 3.42. The molecule has 2 heterocycles. The van der Waals surface area contributed by atoms with Crippen LogP contribution in [-0.2, 0) is 11.3 Å². The Kier molecular flexibility index (Phi) is 4.61. The van der Waals surface area contributed by atoms with Crippen molar-refractivity contribution in [2.24, 2.45) is 0 Å². The molecule has 0 saturated carbocycles. The third-order valence-corrected chi connectivity index (χ3v) is 4.36. The minimum Gasteiger partial charge on any atom is -0.462 e. The number of fused-ring (bicyclic) bond motifs is 2. The van der Waals surface area contributed by atoms with Gasteiger partial charge in [0.05, 0.1) is 34.9 Å². The van der Waals surface area contributed by atoms with Crippen LogP contribution in [0.25, 0.3) is 21.8 Å². The van der Waals surface area contributed by atoms with Crippen LogP contribution in [0.3, 0.4) is 0 Å². The van der Waals surface area contributed by atoms with E-state index in [9.17, 15) is 9.59 Å². The predicted molar refractivity (Wildman–Crippen MR) is 103 cm³/mol. The number of ether oxygens (including phenoxy) is 1. The van der Waals surface area contributed by atoms with Gasteiger partial charge in [-0.3, -0.25) is 14.3 Å². The minimum absolute atomic E-state index is 0.0924. The molecule has 2 aromatic heterocycles. The van der Waals surface area contributed by atoms with E-state index in [-0.39, 0.29) is 12.2 Å².